The van der Waals surface area contributed by atoms with Crippen LogP contribution >= 0.6 is 11.3 Å². The molecule has 19 heavy (non-hydrogen) atoms. The molecule has 1 aliphatic carbocycles. The number of thiophene rings is 1. The fourth-order valence-electron chi connectivity index (χ4n) is 2.92. The van der Waals surface area contributed by atoms with Crippen LogP contribution in [0, 0.1) is 0 Å². The van der Waals surface area contributed by atoms with Gasteiger partial charge in [0.15, 0.2) is 0 Å². The van der Waals surface area contributed by atoms with Gasteiger partial charge in [0.05, 0.1) is 6.54 Å². The van der Waals surface area contributed by atoms with Crippen LogP contribution < -0.4 is 5.32 Å². The van der Waals surface area contributed by atoms with Gasteiger partial charge < -0.3 is 5.32 Å². The Labute approximate surface area is 116 Å². The lowest BCUT2D eigenvalue weighted by atomic mass is 9.89. The molecule has 2 atom stereocenters. The van der Waals surface area contributed by atoms with Gasteiger partial charge in [-0.25, -0.2) is 8.42 Å². The summed E-state index contributed by atoms with van der Waals surface area (Å²) in [6, 6.07) is 3.22. The number of carbonyl (C=O) groups is 1. The van der Waals surface area contributed by atoms with Gasteiger partial charge in [-0.15, -0.1) is 11.3 Å². The highest BCUT2D eigenvalue weighted by Gasteiger charge is 2.42. The molecular weight excluding hydrogens is 284 g/mol. The molecule has 3 rings (SSSR count). The maximum absolute atomic E-state index is 12.6. The normalized spacial score (nSPS) is 28.7. The Hall–Kier alpha value is -0.920. The zero-order valence-corrected chi connectivity index (χ0v) is 12.0. The van der Waals surface area contributed by atoms with E-state index in [0.29, 0.717) is 4.21 Å². The maximum Gasteiger partial charge on any atom is 0.253 e. The van der Waals surface area contributed by atoms with Crippen molar-refractivity contribution < 1.29 is 13.2 Å². The quantitative estimate of drug-likeness (QED) is 0.892. The first-order valence-corrected chi connectivity index (χ1v) is 8.76. The maximum atomic E-state index is 12.6. The highest BCUT2D eigenvalue weighted by molar-refractivity contribution is 7.91. The third-order valence-electron chi connectivity index (χ3n) is 3.80. The second-order valence-corrected chi connectivity index (χ2v) is 8.07. The molecule has 2 heterocycles. The Balaban J connectivity index is 1.95. The molecule has 1 amide bonds. The molecule has 0 bridgehead atoms. The highest BCUT2D eigenvalue weighted by Crippen LogP contribution is 2.31. The average molecular weight is 300 g/mol. The fraction of sp³-hybridized carbons (Fsp3) is 0.583. The van der Waals surface area contributed by atoms with Gasteiger partial charge in [0.25, 0.3) is 10.0 Å². The number of hydrogen-bond donors (Lipinski definition) is 1. The number of fused-ring (bicyclic) bond motifs is 1. The van der Waals surface area contributed by atoms with Gasteiger partial charge in [-0.3, -0.25) is 4.79 Å². The molecule has 2 fully saturated rings. The molecule has 0 aromatic carbocycles. The molecule has 7 heteroatoms. The number of sulfonamides is 1. The van der Waals surface area contributed by atoms with Gasteiger partial charge in [0.2, 0.25) is 5.91 Å². The van der Waals surface area contributed by atoms with Crippen LogP contribution in [0.3, 0.4) is 0 Å². The van der Waals surface area contributed by atoms with Crippen LogP contribution in [0.4, 0.5) is 0 Å². The van der Waals surface area contributed by atoms with Gasteiger partial charge in [0.1, 0.15) is 4.21 Å². The summed E-state index contributed by atoms with van der Waals surface area (Å²) in [5, 5.41) is 4.67. The van der Waals surface area contributed by atoms with Crippen LogP contribution in [0.2, 0.25) is 0 Å². The minimum absolute atomic E-state index is 0.0234. The van der Waals surface area contributed by atoms with Crippen molar-refractivity contribution in [2.45, 2.75) is 42.0 Å². The standard InChI is InChI=1S/C12H16N2O3S2/c15-11-8-14(10-5-2-1-4-9(10)13-11)19(16,17)12-6-3-7-18-12/h3,6-7,9-10H,1-2,4-5,8H2,(H,13,15)/t9-,10-/m0/s1. The molecule has 1 saturated heterocycles. The Morgan fingerprint density at radius 3 is 2.84 bits per heavy atom. The highest BCUT2D eigenvalue weighted by atomic mass is 32.2. The number of carbonyl (C=O) groups excluding carboxylic acids is 1. The van der Waals surface area contributed by atoms with Gasteiger partial charge in [0, 0.05) is 12.1 Å². The van der Waals surface area contributed by atoms with E-state index in [2.05, 4.69) is 5.32 Å². The lowest BCUT2D eigenvalue weighted by molar-refractivity contribution is -0.125. The number of rotatable bonds is 2. The zero-order valence-electron chi connectivity index (χ0n) is 10.4. The minimum Gasteiger partial charge on any atom is -0.351 e. The molecule has 2 aliphatic rings. The molecular formula is C12H16N2O3S2. The lowest BCUT2D eigenvalue weighted by Crippen LogP contribution is -2.62. The van der Waals surface area contributed by atoms with Crippen LogP contribution in [-0.4, -0.2) is 37.3 Å². The number of amides is 1. The predicted molar refractivity (Wildman–Crippen MR) is 72.4 cm³/mol. The van der Waals surface area contributed by atoms with E-state index in [0.717, 1.165) is 25.7 Å². The fourth-order valence-corrected chi connectivity index (χ4v) is 5.69. The van der Waals surface area contributed by atoms with E-state index in [4.69, 9.17) is 0 Å². The minimum atomic E-state index is -3.53. The Morgan fingerprint density at radius 1 is 1.32 bits per heavy atom. The van der Waals surface area contributed by atoms with Crippen molar-refractivity contribution in [3.8, 4) is 0 Å². The summed E-state index contributed by atoms with van der Waals surface area (Å²) in [5.41, 5.74) is 0. The van der Waals surface area contributed by atoms with Crippen LogP contribution in [0.1, 0.15) is 25.7 Å². The van der Waals surface area contributed by atoms with Crippen molar-refractivity contribution in [2.75, 3.05) is 6.54 Å². The van der Waals surface area contributed by atoms with E-state index in [9.17, 15) is 13.2 Å². The van der Waals surface area contributed by atoms with Crippen LogP contribution in [0.5, 0.6) is 0 Å². The van der Waals surface area contributed by atoms with Gasteiger partial charge >= 0.3 is 0 Å². The number of nitrogens with one attached hydrogen (secondary N) is 1. The second-order valence-electron chi connectivity index (χ2n) is 5.01. The van der Waals surface area contributed by atoms with Crippen molar-refractivity contribution >= 4 is 27.3 Å². The van der Waals surface area contributed by atoms with Gasteiger partial charge in [-0.2, -0.15) is 4.31 Å². The molecule has 0 radical (unpaired) electrons. The van der Waals surface area contributed by atoms with E-state index in [1.165, 1.54) is 15.6 Å². The topological polar surface area (TPSA) is 66.5 Å². The van der Waals surface area contributed by atoms with Crippen molar-refractivity contribution in [3.05, 3.63) is 17.5 Å². The molecule has 1 N–H and O–H groups in total. The Bertz CT molecular complexity index is 568. The van der Waals surface area contributed by atoms with Gasteiger partial charge in [-0.05, 0) is 24.3 Å². The van der Waals surface area contributed by atoms with E-state index < -0.39 is 10.0 Å². The Morgan fingerprint density at radius 2 is 2.11 bits per heavy atom. The summed E-state index contributed by atoms with van der Waals surface area (Å²) < 4.78 is 26.9. The lowest BCUT2D eigenvalue weighted by Gasteiger charge is -2.42. The zero-order chi connectivity index (χ0) is 13.5. The molecule has 1 saturated carbocycles. The summed E-state index contributed by atoms with van der Waals surface area (Å²) >= 11 is 1.20. The van der Waals surface area contributed by atoms with Crippen molar-refractivity contribution in [1.82, 2.24) is 9.62 Å². The monoisotopic (exact) mass is 300 g/mol. The second kappa shape index (κ2) is 4.88. The van der Waals surface area contributed by atoms with Crippen LogP contribution in [-0.2, 0) is 14.8 Å². The average Bonchev–Trinajstić information content (AvgIpc) is 2.92. The first kappa shape index (κ1) is 13.1. The molecule has 1 aliphatic heterocycles. The largest absolute Gasteiger partial charge is 0.351 e. The molecule has 1 aromatic heterocycles. The summed E-state index contributed by atoms with van der Waals surface area (Å²) in [6.07, 6.45) is 3.77. The first-order chi connectivity index (χ1) is 9.09. The van der Waals surface area contributed by atoms with Crippen LogP contribution in [0.25, 0.3) is 0 Å². The summed E-state index contributed by atoms with van der Waals surface area (Å²) in [6.45, 7) is -0.0542. The van der Waals surface area contributed by atoms with Crippen molar-refractivity contribution in [1.29, 1.82) is 0 Å². The third-order valence-corrected chi connectivity index (χ3v) is 7.05. The van der Waals surface area contributed by atoms with E-state index in [-0.39, 0.29) is 24.5 Å². The van der Waals surface area contributed by atoms with E-state index in [1.807, 2.05) is 0 Å². The molecule has 0 unspecified atom stereocenters. The van der Waals surface area contributed by atoms with Crippen LogP contribution in [0.15, 0.2) is 21.7 Å². The molecule has 1 aromatic rings. The molecule has 104 valence electrons. The first-order valence-electron chi connectivity index (χ1n) is 6.44. The number of piperazine rings is 1. The predicted octanol–water partition coefficient (Wildman–Crippen LogP) is 1.18. The van der Waals surface area contributed by atoms with E-state index in [1.54, 1.807) is 17.5 Å². The summed E-state index contributed by atoms with van der Waals surface area (Å²) in [5.74, 6) is -0.191. The number of nitrogens with zero attached hydrogens (tertiary/aromatic N) is 1. The third kappa shape index (κ3) is 2.30. The van der Waals surface area contributed by atoms with Gasteiger partial charge in [-0.1, -0.05) is 18.9 Å². The summed E-state index contributed by atoms with van der Waals surface area (Å²) in [4.78, 5) is 11.7. The van der Waals surface area contributed by atoms with Crippen molar-refractivity contribution in [2.24, 2.45) is 0 Å². The SMILES string of the molecule is O=C1CN(S(=O)(=O)c2cccs2)[C@H]2CCCC[C@@H]2N1. The number of hydrogen-bond acceptors (Lipinski definition) is 4. The summed E-state index contributed by atoms with van der Waals surface area (Å²) in [7, 11) is -3.53. The van der Waals surface area contributed by atoms with E-state index >= 15 is 0 Å². The molecule has 0 spiro atoms. The molecule has 5 nitrogen and oxygen atoms in total. The smallest absolute Gasteiger partial charge is 0.253 e. The van der Waals surface area contributed by atoms with Crippen molar-refractivity contribution in [3.63, 3.8) is 0 Å². The Kier molecular flexibility index (Phi) is 3.36.